The number of ether oxygens (including phenoxy) is 2. The van der Waals surface area contributed by atoms with Crippen molar-refractivity contribution in [3.8, 4) is 11.5 Å². The first-order chi connectivity index (χ1) is 7.62. The van der Waals surface area contributed by atoms with Gasteiger partial charge in [-0.05, 0) is 25.0 Å². The molecule has 0 aliphatic carbocycles. The third-order valence-corrected chi connectivity index (χ3v) is 2.98. The van der Waals surface area contributed by atoms with Gasteiger partial charge in [0.05, 0.1) is 14.2 Å². The van der Waals surface area contributed by atoms with Crippen molar-refractivity contribution in [3.05, 3.63) is 22.2 Å². The molecule has 0 aromatic heterocycles. The van der Waals surface area contributed by atoms with E-state index in [1.165, 1.54) is 0 Å². The van der Waals surface area contributed by atoms with Crippen LogP contribution in [0.15, 0.2) is 16.6 Å². The fourth-order valence-electron chi connectivity index (χ4n) is 1.58. The highest BCUT2D eigenvalue weighted by atomic mass is 79.9. The van der Waals surface area contributed by atoms with Crippen molar-refractivity contribution in [2.24, 2.45) is 5.73 Å². The molecule has 0 aliphatic rings. The molecule has 0 saturated carbocycles. The number of hydrogen-bond acceptors (Lipinski definition) is 3. The van der Waals surface area contributed by atoms with Gasteiger partial charge in [-0.1, -0.05) is 22.9 Å². The van der Waals surface area contributed by atoms with Gasteiger partial charge in [0.2, 0.25) is 0 Å². The minimum absolute atomic E-state index is 0. The van der Waals surface area contributed by atoms with E-state index in [1.54, 1.807) is 14.2 Å². The summed E-state index contributed by atoms with van der Waals surface area (Å²) in [7, 11) is 3.28. The quantitative estimate of drug-likeness (QED) is 0.905. The summed E-state index contributed by atoms with van der Waals surface area (Å²) in [4.78, 5) is 0. The number of nitrogens with two attached hydrogens (primary N) is 1. The minimum Gasteiger partial charge on any atom is -0.493 e. The summed E-state index contributed by atoms with van der Waals surface area (Å²) in [6, 6.07) is 4.06. The molecular weight excluding hydrogens is 305 g/mol. The van der Waals surface area contributed by atoms with Crippen molar-refractivity contribution in [1.82, 2.24) is 0 Å². The fourth-order valence-corrected chi connectivity index (χ4v) is 2.07. The van der Waals surface area contributed by atoms with Gasteiger partial charge in [0, 0.05) is 16.1 Å². The van der Waals surface area contributed by atoms with Gasteiger partial charge in [-0.25, -0.2) is 0 Å². The van der Waals surface area contributed by atoms with E-state index in [9.17, 15) is 0 Å². The fraction of sp³-hybridized carbons (Fsp3) is 0.500. The second-order valence-electron chi connectivity index (χ2n) is 3.67. The largest absolute Gasteiger partial charge is 0.493 e. The second-order valence-corrected chi connectivity index (χ2v) is 4.59. The Labute approximate surface area is 117 Å². The van der Waals surface area contributed by atoms with Crippen LogP contribution in [0.3, 0.4) is 0 Å². The molecule has 1 aromatic rings. The Morgan fingerprint density at radius 2 is 1.94 bits per heavy atom. The van der Waals surface area contributed by atoms with Crippen LogP contribution in [-0.4, -0.2) is 20.3 Å². The van der Waals surface area contributed by atoms with E-state index in [0.29, 0.717) is 0 Å². The summed E-state index contributed by atoms with van der Waals surface area (Å²) < 4.78 is 11.6. The summed E-state index contributed by atoms with van der Waals surface area (Å²) in [6.45, 7) is 2.08. The Kier molecular flexibility index (Phi) is 7.59. The van der Waals surface area contributed by atoms with E-state index >= 15 is 0 Å². The lowest BCUT2D eigenvalue weighted by molar-refractivity contribution is 0.350. The van der Waals surface area contributed by atoms with Crippen molar-refractivity contribution in [2.45, 2.75) is 25.8 Å². The number of halogens is 2. The molecule has 0 bridgehead atoms. The van der Waals surface area contributed by atoms with Crippen molar-refractivity contribution in [3.63, 3.8) is 0 Å². The lowest BCUT2D eigenvalue weighted by Gasteiger charge is -2.16. The first-order valence-electron chi connectivity index (χ1n) is 5.28. The molecule has 5 heteroatoms. The first-order valence-corrected chi connectivity index (χ1v) is 6.07. The molecule has 0 aliphatic heterocycles. The van der Waals surface area contributed by atoms with Gasteiger partial charge in [-0.2, -0.15) is 0 Å². The lowest BCUT2D eigenvalue weighted by Crippen LogP contribution is -2.21. The Balaban J connectivity index is 0.00000256. The molecule has 0 saturated heterocycles. The number of benzene rings is 1. The van der Waals surface area contributed by atoms with Crippen LogP contribution < -0.4 is 15.2 Å². The van der Waals surface area contributed by atoms with Crippen LogP contribution in [-0.2, 0) is 6.42 Å². The molecule has 1 aromatic carbocycles. The van der Waals surface area contributed by atoms with E-state index in [1.807, 2.05) is 12.1 Å². The maximum Gasteiger partial charge on any atom is 0.164 e. The zero-order valence-electron chi connectivity index (χ0n) is 10.3. The molecule has 1 rings (SSSR count). The average Bonchev–Trinajstić information content (AvgIpc) is 2.28. The standard InChI is InChI=1S/C12H18BrNO2.ClH/c1-4-10(14)6-8-5-9(13)7-11(15-2)12(8)16-3;/h5,7,10H,4,6,14H2,1-3H3;1H. The third-order valence-electron chi connectivity index (χ3n) is 2.53. The van der Waals surface area contributed by atoms with Gasteiger partial charge in [0.1, 0.15) is 0 Å². The van der Waals surface area contributed by atoms with Crippen LogP contribution in [0.4, 0.5) is 0 Å². The number of rotatable bonds is 5. The zero-order chi connectivity index (χ0) is 12.1. The molecule has 3 nitrogen and oxygen atoms in total. The topological polar surface area (TPSA) is 44.5 Å². The van der Waals surface area contributed by atoms with E-state index in [4.69, 9.17) is 15.2 Å². The van der Waals surface area contributed by atoms with Crippen molar-refractivity contribution in [2.75, 3.05) is 14.2 Å². The number of hydrogen-bond donors (Lipinski definition) is 1. The minimum atomic E-state index is 0. The normalized spacial score (nSPS) is 11.6. The summed E-state index contributed by atoms with van der Waals surface area (Å²) >= 11 is 3.45. The summed E-state index contributed by atoms with van der Waals surface area (Å²) in [6.07, 6.45) is 1.73. The van der Waals surface area contributed by atoms with Crippen LogP contribution >= 0.6 is 28.3 Å². The Bertz CT molecular complexity index is 361. The van der Waals surface area contributed by atoms with Gasteiger partial charge in [0.15, 0.2) is 11.5 Å². The van der Waals surface area contributed by atoms with E-state index in [2.05, 4.69) is 22.9 Å². The number of methoxy groups -OCH3 is 2. The van der Waals surface area contributed by atoms with Crippen LogP contribution in [0.2, 0.25) is 0 Å². The highest BCUT2D eigenvalue weighted by molar-refractivity contribution is 9.10. The van der Waals surface area contributed by atoms with Gasteiger partial charge in [-0.3, -0.25) is 0 Å². The molecule has 1 atom stereocenters. The van der Waals surface area contributed by atoms with Crippen LogP contribution in [0.1, 0.15) is 18.9 Å². The second kappa shape index (κ2) is 7.80. The zero-order valence-corrected chi connectivity index (χ0v) is 12.7. The summed E-state index contributed by atoms with van der Waals surface area (Å²) in [5.41, 5.74) is 7.03. The van der Waals surface area contributed by atoms with Gasteiger partial charge in [0.25, 0.3) is 0 Å². The van der Waals surface area contributed by atoms with Crippen molar-refractivity contribution in [1.29, 1.82) is 0 Å². The first kappa shape index (κ1) is 16.6. The predicted molar refractivity (Wildman–Crippen MR) is 76.5 cm³/mol. The molecule has 1 unspecified atom stereocenters. The van der Waals surface area contributed by atoms with E-state index in [0.717, 1.165) is 34.4 Å². The predicted octanol–water partition coefficient (Wildman–Crippen LogP) is 3.17. The summed E-state index contributed by atoms with van der Waals surface area (Å²) in [5.74, 6) is 1.50. The monoisotopic (exact) mass is 323 g/mol. The molecular formula is C12H19BrClNO2. The smallest absolute Gasteiger partial charge is 0.164 e. The Morgan fingerprint density at radius 1 is 1.29 bits per heavy atom. The van der Waals surface area contributed by atoms with Crippen LogP contribution in [0.5, 0.6) is 11.5 Å². The molecule has 0 heterocycles. The van der Waals surface area contributed by atoms with Crippen LogP contribution in [0.25, 0.3) is 0 Å². The molecule has 0 spiro atoms. The maximum atomic E-state index is 5.96. The molecule has 2 N–H and O–H groups in total. The lowest BCUT2D eigenvalue weighted by atomic mass is 10.0. The summed E-state index contributed by atoms with van der Waals surface area (Å²) in [5, 5.41) is 0. The van der Waals surface area contributed by atoms with Crippen molar-refractivity contribution < 1.29 is 9.47 Å². The average molecular weight is 325 g/mol. The maximum absolute atomic E-state index is 5.96. The van der Waals surface area contributed by atoms with Gasteiger partial charge < -0.3 is 15.2 Å². The Morgan fingerprint density at radius 3 is 2.41 bits per heavy atom. The molecule has 0 amide bonds. The van der Waals surface area contributed by atoms with E-state index < -0.39 is 0 Å². The third kappa shape index (κ3) is 4.37. The van der Waals surface area contributed by atoms with Crippen molar-refractivity contribution >= 4 is 28.3 Å². The van der Waals surface area contributed by atoms with E-state index in [-0.39, 0.29) is 18.4 Å². The van der Waals surface area contributed by atoms with Gasteiger partial charge >= 0.3 is 0 Å². The highest BCUT2D eigenvalue weighted by Crippen LogP contribution is 2.35. The van der Waals surface area contributed by atoms with Crippen LogP contribution in [0, 0.1) is 0 Å². The molecule has 0 radical (unpaired) electrons. The molecule has 98 valence electrons. The molecule has 17 heavy (non-hydrogen) atoms. The SMILES string of the molecule is CCC(N)Cc1cc(Br)cc(OC)c1OC.Cl. The molecule has 0 fully saturated rings. The Hall–Kier alpha value is -0.450. The highest BCUT2D eigenvalue weighted by Gasteiger charge is 2.13. The van der Waals surface area contributed by atoms with Gasteiger partial charge in [-0.15, -0.1) is 12.4 Å².